The lowest BCUT2D eigenvalue weighted by molar-refractivity contribution is -0.161. The van der Waals surface area contributed by atoms with Crippen molar-refractivity contribution in [1.29, 1.82) is 0 Å². The van der Waals surface area contributed by atoms with Crippen molar-refractivity contribution in [1.82, 2.24) is 0 Å². The number of aliphatic hydroxyl groups is 1. The lowest BCUT2D eigenvalue weighted by atomic mass is 10.0. The predicted molar refractivity (Wildman–Crippen MR) is 363 cm³/mol. The van der Waals surface area contributed by atoms with Gasteiger partial charge in [-0.15, -0.1) is 0 Å². The highest BCUT2D eigenvalue weighted by Crippen LogP contribution is 2.45. The summed E-state index contributed by atoms with van der Waals surface area (Å²) in [5.41, 5.74) is 0. The van der Waals surface area contributed by atoms with Crippen molar-refractivity contribution in [2.45, 2.75) is 393 Å². The number of aliphatic hydroxyl groups excluding tert-OH is 1. The van der Waals surface area contributed by atoms with E-state index < -0.39 is 97.5 Å². The van der Waals surface area contributed by atoms with Gasteiger partial charge in [-0.2, -0.15) is 0 Å². The minimum Gasteiger partial charge on any atom is -0.462 e. The molecule has 0 aliphatic heterocycles. The zero-order chi connectivity index (χ0) is 66.1. The van der Waals surface area contributed by atoms with Gasteiger partial charge in [0, 0.05) is 25.7 Å². The van der Waals surface area contributed by atoms with E-state index in [0.29, 0.717) is 25.7 Å². The van der Waals surface area contributed by atoms with Crippen LogP contribution in [-0.2, 0) is 65.4 Å². The third kappa shape index (κ3) is 64.8. The molecule has 90 heavy (non-hydrogen) atoms. The Bertz CT molecular complexity index is 1720. The fraction of sp³-hybridized carbons (Fsp3) is 0.944. The Kier molecular flexibility index (Phi) is 64.3. The molecule has 0 aliphatic rings. The first-order chi connectivity index (χ1) is 43.7. The molecule has 534 valence electrons. The summed E-state index contributed by atoms with van der Waals surface area (Å²) in [6.45, 7) is 4.95. The quantitative estimate of drug-likeness (QED) is 0.0222. The van der Waals surface area contributed by atoms with Gasteiger partial charge in [0.1, 0.15) is 19.3 Å². The molecule has 0 saturated heterocycles. The van der Waals surface area contributed by atoms with E-state index in [2.05, 4.69) is 27.7 Å². The summed E-state index contributed by atoms with van der Waals surface area (Å²) in [6.07, 6.45) is 53.8. The normalized spacial score (nSPS) is 14.0. The second kappa shape index (κ2) is 65.7. The summed E-state index contributed by atoms with van der Waals surface area (Å²) in [7, 11) is -9.90. The lowest BCUT2D eigenvalue weighted by Gasteiger charge is -2.21. The molecule has 0 heterocycles. The zero-order valence-corrected chi connectivity index (χ0v) is 59.9. The molecular weight excluding hydrogens is 1190 g/mol. The summed E-state index contributed by atoms with van der Waals surface area (Å²) in [5, 5.41) is 10.6. The van der Waals surface area contributed by atoms with E-state index in [0.717, 1.165) is 89.9 Å². The molecule has 0 rings (SSSR count). The van der Waals surface area contributed by atoms with Crippen molar-refractivity contribution < 1.29 is 80.2 Å². The number of rotatable bonds is 72. The fourth-order valence-electron chi connectivity index (χ4n) is 10.9. The molecule has 0 spiro atoms. The first-order valence-electron chi connectivity index (χ1n) is 37.3. The monoisotopic (exact) mass is 1320 g/mol. The van der Waals surface area contributed by atoms with Gasteiger partial charge in [-0.3, -0.25) is 37.3 Å². The van der Waals surface area contributed by atoms with Crippen LogP contribution in [0.25, 0.3) is 0 Å². The topological polar surface area (TPSA) is 237 Å². The van der Waals surface area contributed by atoms with Crippen LogP contribution in [0.5, 0.6) is 0 Å². The molecule has 0 aromatic heterocycles. The van der Waals surface area contributed by atoms with Crippen molar-refractivity contribution in [2.24, 2.45) is 0 Å². The second-order valence-electron chi connectivity index (χ2n) is 25.6. The highest BCUT2D eigenvalue weighted by molar-refractivity contribution is 7.47. The van der Waals surface area contributed by atoms with Crippen molar-refractivity contribution in [3.05, 3.63) is 0 Å². The molecule has 0 aromatic carbocycles. The lowest BCUT2D eigenvalue weighted by Crippen LogP contribution is -2.30. The van der Waals surface area contributed by atoms with Crippen LogP contribution in [0.15, 0.2) is 0 Å². The molecule has 0 aliphatic carbocycles. The fourth-order valence-corrected chi connectivity index (χ4v) is 12.4. The predicted octanol–water partition coefficient (Wildman–Crippen LogP) is 20.7. The number of ether oxygens (including phenoxy) is 4. The number of hydrogen-bond donors (Lipinski definition) is 3. The smallest absolute Gasteiger partial charge is 0.462 e. The number of carbonyl (C=O) groups is 4. The number of hydrogen-bond acceptors (Lipinski definition) is 15. The molecule has 0 fully saturated rings. The molecule has 0 bridgehead atoms. The van der Waals surface area contributed by atoms with Crippen molar-refractivity contribution in [2.75, 3.05) is 39.6 Å². The molecule has 0 aromatic rings. The Morgan fingerprint density at radius 3 is 0.656 bits per heavy atom. The minimum atomic E-state index is -4.95. The van der Waals surface area contributed by atoms with E-state index in [4.69, 9.17) is 37.0 Å². The Hall–Kier alpha value is -1.94. The van der Waals surface area contributed by atoms with E-state index in [1.165, 1.54) is 205 Å². The standard InChI is InChI=1S/C71H138O17P2/c1-5-9-13-17-21-25-29-32-34-37-40-44-48-52-56-69(74)82-62-67(88-71(76)58-54-50-46-42-38-35-33-30-26-22-18-14-10-6-2)64-86-90(79,80)84-60-65(72)59-83-89(77,78)85-63-66(61-81-68(73)55-51-47-43-39-28-24-20-16-12-8-4)87-70(75)57-53-49-45-41-36-31-27-23-19-15-11-7-3/h65-67,72H,5-64H2,1-4H3,(H,77,78)(H,79,80)/t65-,66+,67+/m0/s1. The largest absolute Gasteiger partial charge is 0.472 e. The summed E-state index contributed by atoms with van der Waals surface area (Å²) in [6, 6.07) is 0. The van der Waals surface area contributed by atoms with E-state index in [9.17, 15) is 43.2 Å². The molecule has 0 amide bonds. The van der Waals surface area contributed by atoms with Crippen LogP contribution in [0, 0.1) is 0 Å². The molecule has 5 atom stereocenters. The Balaban J connectivity index is 5.24. The maximum atomic E-state index is 13.0. The Labute approximate surface area is 549 Å². The first kappa shape index (κ1) is 88.1. The third-order valence-electron chi connectivity index (χ3n) is 16.6. The molecule has 0 radical (unpaired) electrons. The number of esters is 4. The van der Waals surface area contributed by atoms with Gasteiger partial charge >= 0.3 is 39.5 Å². The number of phosphoric ester groups is 2. The van der Waals surface area contributed by atoms with Crippen LogP contribution in [0.2, 0.25) is 0 Å². The highest BCUT2D eigenvalue weighted by atomic mass is 31.2. The first-order valence-corrected chi connectivity index (χ1v) is 40.3. The average molecular weight is 1330 g/mol. The number of carbonyl (C=O) groups excluding carboxylic acids is 4. The van der Waals surface area contributed by atoms with Gasteiger partial charge in [-0.25, -0.2) is 9.13 Å². The van der Waals surface area contributed by atoms with Gasteiger partial charge < -0.3 is 33.8 Å². The van der Waals surface area contributed by atoms with Gasteiger partial charge in [0.2, 0.25) is 0 Å². The van der Waals surface area contributed by atoms with Gasteiger partial charge in [0.25, 0.3) is 0 Å². The van der Waals surface area contributed by atoms with Crippen molar-refractivity contribution >= 4 is 39.5 Å². The molecular formula is C71H138O17P2. The maximum absolute atomic E-state index is 13.0. The maximum Gasteiger partial charge on any atom is 0.472 e. The van der Waals surface area contributed by atoms with E-state index in [-0.39, 0.29) is 25.7 Å². The van der Waals surface area contributed by atoms with Gasteiger partial charge in [-0.05, 0) is 25.7 Å². The molecule has 0 saturated carbocycles. The third-order valence-corrected chi connectivity index (χ3v) is 18.5. The number of phosphoric acid groups is 2. The van der Waals surface area contributed by atoms with Crippen LogP contribution in [0.3, 0.4) is 0 Å². The second-order valence-corrected chi connectivity index (χ2v) is 28.5. The SMILES string of the molecule is CCCCCCCCCCCCCCCCC(=O)OC[C@H](COP(=O)(O)OC[C@@H](O)COP(=O)(O)OC[C@@H](COC(=O)CCCCCCCCCCCC)OC(=O)CCCCCCCCCCCCCC)OC(=O)CCCCCCCCCCCCCCCC. The molecule has 3 N–H and O–H groups in total. The Morgan fingerprint density at radius 2 is 0.444 bits per heavy atom. The summed E-state index contributed by atoms with van der Waals surface area (Å²) >= 11 is 0. The van der Waals surface area contributed by atoms with E-state index in [1.54, 1.807) is 0 Å². The molecule has 2 unspecified atom stereocenters. The van der Waals surface area contributed by atoms with Crippen molar-refractivity contribution in [3.8, 4) is 0 Å². The average Bonchev–Trinajstić information content (AvgIpc) is 3.46. The van der Waals surface area contributed by atoms with Crippen LogP contribution in [-0.4, -0.2) is 96.7 Å². The minimum absolute atomic E-state index is 0.108. The van der Waals surface area contributed by atoms with Crippen LogP contribution in [0.4, 0.5) is 0 Å². The zero-order valence-electron chi connectivity index (χ0n) is 58.1. The van der Waals surface area contributed by atoms with Crippen LogP contribution < -0.4 is 0 Å². The van der Waals surface area contributed by atoms with Gasteiger partial charge in [-0.1, -0.05) is 323 Å². The molecule has 17 nitrogen and oxygen atoms in total. The Morgan fingerprint density at radius 1 is 0.267 bits per heavy atom. The van der Waals surface area contributed by atoms with Crippen LogP contribution >= 0.6 is 15.6 Å². The van der Waals surface area contributed by atoms with Gasteiger partial charge in [0.15, 0.2) is 12.2 Å². The molecule has 19 heteroatoms. The number of unbranched alkanes of at least 4 members (excludes halogenated alkanes) is 46. The summed E-state index contributed by atoms with van der Waals surface area (Å²) in [4.78, 5) is 72.6. The summed E-state index contributed by atoms with van der Waals surface area (Å²) in [5.74, 6) is -2.12. The summed E-state index contributed by atoms with van der Waals surface area (Å²) < 4.78 is 68.3. The van der Waals surface area contributed by atoms with Gasteiger partial charge in [0.05, 0.1) is 26.4 Å². The van der Waals surface area contributed by atoms with E-state index >= 15 is 0 Å². The van der Waals surface area contributed by atoms with E-state index in [1.807, 2.05) is 0 Å². The van der Waals surface area contributed by atoms with Crippen LogP contribution in [0.1, 0.15) is 374 Å². The van der Waals surface area contributed by atoms with Crippen molar-refractivity contribution in [3.63, 3.8) is 0 Å². The highest BCUT2D eigenvalue weighted by Gasteiger charge is 2.30.